The molecule has 1 heterocycles. The van der Waals surface area contributed by atoms with Gasteiger partial charge in [-0.3, -0.25) is 0 Å². The highest BCUT2D eigenvalue weighted by Crippen LogP contribution is 1.71. The van der Waals surface area contributed by atoms with Crippen molar-refractivity contribution in [1.82, 2.24) is 5.32 Å². The van der Waals surface area contributed by atoms with Crippen LogP contribution in [-0.4, -0.2) is 26.2 Å². The van der Waals surface area contributed by atoms with Gasteiger partial charge in [0, 0.05) is 19.5 Å². The van der Waals surface area contributed by atoms with E-state index in [4.69, 9.17) is 0 Å². The molecule has 0 aliphatic carbocycles. The van der Waals surface area contributed by atoms with E-state index in [1.54, 1.807) is 0 Å². The van der Waals surface area contributed by atoms with Crippen LogP contribution < -0.4 is 10.2 Å². The molecule has 1 aliphatic heterocycles. The van der Waals surface area contributed by atoms with E-state index in [0.29, 0.717) is 0 Å². The van der Waals surface area contributed by atoms with E-state index in [9.17, 15) is 0 Å². The van der Waals surface area contributed by atoms with Gasteiger partial charge in [0.15, 0.2) is 0 Å². The largest absolute Gasteiger partial charge is 0.467 e. The maximum atomic E-state index is 3.93. The average molecular weight is 144 g/mol. The molecule has 2 N–H and O–H groups in total. The summed E-state index contributed by atoms with van der Waals surface area (Å²) in [7, 11) is 3.93. The SMILES string of the molecule is CC.[CH2-][NH+]1CCCNCC1. The minimum atomic E-state index is 1.14. The molecule has 0 amide bonds. The molecule has 0 bridgehead atoms. The van der Waals surface area contributed by atoms with Gasteiger partial charge in [0.05, 0.1) is 13.1 Å². The van der Waals surface area contributed by atoms with E-state index in [-0.39, 0.29) is 0 Å². The van der Waals surface area contributed by atoms with Crippen LogP contribution in [0.4, 0.5) is 0 Å². The molecule has 1 aliphatic rings. The fraction of sp³-hybridized carbons (Fsp3) is 0.875. The normalized spacial score (nSPS) is 26.1. The first-order valence-electron chi connectivity index (χ1n) is 4.27. The number of hydrogen-bond acceptors (Lipinski definition) is 1. The second kappa shape index (κ2) is 7.03. The van der Waals surface area contributed by atoms with Gasteiger partial charge in [-0.05, 0) is 0 Å². The van der Waals surface area contributed by atoms with Crippen LogP contribution in [0.1, 0.15) is 20.3 Å². The molecule has 0 spiro atoms. The monoisotopic (exact) mass is 144 g/mol. The summed E-state index contributed by atoms with van der Waals surface area (Å²) >= 11 is 0. The maximum absolute atomic E-state index is 3.93. The van der Waals surface area contributed by atoms with E-state index in [1.165, 1.54) is 31.0 Å². The third kappa shape index (κ3) is 4.77. The molecular formula is C8H20N2. The maximum Gasteiger partial charge on any atom is 0.0657 e. The predicted octanol–water partition coefficient (Wildman–Crippen LogP) is -0.318. The zero-order chi connectivity index (χ0) is 7.82. The van der Waals surface area contributed by atoms with Crippen molar-refractivity contribution in [2.24, 2.45) is 0 Å². The Bertz CT molecular complexity index is 56.3. The molecule has 0 aromatic rings. The highest BCUT2D eigenvalue weighted by molar-refractivity contribution is 4.49. The van der Waals surface area contributed by atoms with Crippen LogP contribution in [0.25, 0.3) is 0 Å². The van der Waals surface area contributed by atoms with Gasteiger partial charge < -0.3 is 10.2 Å². The molecule has 62 valence electrons. The average Bonchev–Trinajstić information content (AvgIpc) is 2.21. The Labute approximate surface area is 64.6 Å². The topological polar surface area (TPSA) is 16.5 Å². The Kier molecular flexibility index (Phi) is 6.98. The second-order valence-corrected chi connectivity index (χ2v) is 2.35. The van der Waals surface area contributed by atoms with E-state index in [1.807, 2.05) is 13.8 Å². The predicted molar refractivity (Wildman–Crippen MR) is 44.9 cm³/mol. The molecule has 2 heteroatoms. The van der Waals surface area contributed by atoms with Crippen molar-refractivity contribution < 1.29 is 4.90 Å². The lowest BCUT2D eigenvalue weighted by Crippen LogP contribution is -3.07. The van der Waals surface area contributed by atoms with E-state index in [2.05, 4.69) is 12.4 Å². The van der Waals surface area contributed by atoms with Gasteiger partial charge in [-0.2, -0.15) is 7.05 Å². The Morgan fingerprint density at radius 1 is 1.20 bits per heavy atom. The van der Waals surface area contributed by atoms with Crippen molar-refractivity contribution in [3.63, 3.8) is 0 Å². The van der Waals surface area contributed by atoms with Gasteiger partial charge in [0.25, 0.3) is 0 Å². The summed E-state index contributed by atoms with van der Waals surface area (Å²) in [6, 6.07) is 0. The van der Waals surface area contributed by atoms with Crippen molar-refractivity contribution in [2.75, 3.05) is 26.2 Å². The summed E-state index contributed by atoms with van der Waals surface area (Å²) in [5, 5.41) is 3.32. The minimum absolute atomic E-state index is 1.14. The quantitative estimate of drug-likeness (QED) is 0.446. The van der Waals surface area contributed by atoms with E-state index in [0.717, 1.165) is 6.54 Å². The Hall–Kier alpha value is -0.0800. The molecule has 1 atom stereocenters. The first-order chi connectivity index (χ1) is 4.89. The molecule has 2 nitrogen and oxygen atoms in total. The van der Waals surface area contributed by atoms with Crippen LogP contribution in [0.3, 0.4) is 0 Å². The van der Waals surface area contributed by atoms with E-state index < -0.39 is 0 Å². The number of nitrogens with one attached hydrogen (secondary N) is 2. The van der Waals surface area contributed by atoms with Gasteiger partial charge >= 0.3 is 0 Å². The number of hydrogen-bond donors (Lipinski definition) is 2. The van der Waals surface area contributed by atoms with Gasteiger partial charge in [-0.25, -0.2) is 0 Å². The second-order valence-electron chi connectivity index (χ2n) is 2.35. The fourth-order valence-corrected chi connectivity index (χ4v) is 0.979. The van der Waals surface area contributed by atoms with Crippen LogP contribution in [0.15, 0.2) is 0 Å². The molecule has 1 rings (SSSR count). The van der Waals surface area contributed by atoms with Crippen molar-refractivity contribution in [2.45, 2.75) is 20.3 Å². The first-order valence-corrected chi connectivity index (χ1v) is 4.27. The summed E-state index contributed by atoms with van der Waals surface area (Å²) in [5.41, 5.74) is 0. The summed E-state index contributed by atoms with van der Waals surface area (Å²) in [6.45, 7) is 8.73. The molecule has 0 aromatic carbocycles. The van der Waals surface area contributed by atoms with Crippen LogP contribution in [0.2, 0.25) is 0 Å². The molecule has 0 saturated carbocycles. The first kappa shape index (κ1) is 9.92. The Morgan fingerprint density at radius 2 is 1.90 bits per heavy atom. The summed E-state index contributed by atoms with van der Waals surface area (Å²) in [6.07, 6.45) is 1.28. The Balaban J connectivity index is 0.000000371. The molecular weight excluding hydrogens is 124 g/mol. The van der Waals surface area contributed by atoms with Crippen LogP contribution in [0, 0.1) is 7.05 Å². The summed E-state index contributed by atoms with van der Waals surface area (Å²) in [5.74, 6) is 0. The molecule has 0 aromatic heterocycles. The van der Waals surface area contributed by atoms with Gasteiger partial charge in [0.2, 0.25) is 0 Å². The Morgan fingerprint density at radius 3 is 2.60 bits per heavy atom. The van der Waals surface area contributed by atoms with Crippen molar-refractivity contribution in [3.05, 3.63) is 7.05 Å². The molecule has 1 unspecified atom stereocenters. The van der Waals surface area contributed by atoms with Crippen molar-refractivity contribution in [1.29, 1.82) is 0 Å². The highest BCUT2D eigenvalue weighted by atomic mass is 15.1. The number of quaternary nitrogens is 1. The van der Waals surface area contributed by atoms with E-state index >= 15 is 0 Å². The third-order valence-corrected chi connectivity index (χ3v) is 1.54. The summed E-state index contributed by atoms with van der Waals surface area (Å²) in [4.78, 5) is 1.41. The van der Waals surface area contributed by atoms with Gasteiger partial charge in [-0.15, -0.1) is 0 Å². The fourth-order valence-electron chi connectivity index (χ4n) is 0.979. The molecule has 0 radical (unpaired) electrons. The lowest BCUT2D eigenvalue weighted by atomic mass is 10.4. The zero-order valence-corrected chi connectivity index (χ0v) is 7.24. The number of rotatable bonds is 0. The lowest BCUT2D eigenvalue weighted by molar-refractivity contribution is -0.851. The van der Waals surface area contributed by atoms with Crippen molar-refractivity contribution >= 4 is 0 Å². The zero-order valence-electron chi connectivity index (χ0n) is 7.24. The molecule has 1 saturated heterocycles. The van der Waals surface area contributed by atoms with Crippen LogP contribution in [-0.2, 0) is 0 Å². The third-order valence-electron chi connectivity index (χ3n) is 1.54. The smallest absolute Gasteiger partial charge is 0.0657 e. The van der Waals surface area contributed by atoms with Gasteiger partial charge in [0.1, 0.15) is 0 Å². The van der Waals surface area contributed by atoms with Crippen LogP contribution >= 0.6 is 0 Å². The molecule has 1 fully saturated rings. The van der Waals surface area contributed by atoms with Crippen molar-refractivity contribution in [3.8, 4) is 0 Å². The summed E-state index contributed by atoms with van der Waals surface area (Å²) < 4.78 is 0. The lowest BCUT2D eigenvalue weighted by Gasteiger charge is -2.16. The van der Waals surface area contributed by atoms with Gasteiger partial charge in [-0.1, -0.05) is 13.8 Å². The van der Waals surface area contributed by atoms with Crippen LogP contribution in [0.5, 0.6) is 0 Å². The highest BCUT2D eigenvalue weighted by Gasteiger charge is 1.99. The standard InChI is InChI=1S/C6H14N2.C2H6/c1-8-5-2-3-7-4-6-8;1-2/h7-8H,1-6H2;1-2H3. The minimum Gasteiger partial charge on any atom is -0.467 e. The molecule has 10 heavy (non-hydrogen) atoms.